The average molecular weight is 285 g/mol. The van der Waals surface area contributed by atoms with E-state index >= 15 is 0 Å². The van der Waals surface area contributed by atoms with Crippen LogP contribution in [0.25, 0.3) is 0 Å². The van der Waals surface area contributed by atoms with Crippen LogP contribution in [0.5, 0.6) is 0 Å². The summed E-state index contributed by atoms with van der Waals surface area (Å²) in [5.74, 6) is 3.62. The van der Waals surface area contributed by atoms with Crippen LogP contribution in [-0.4, -0.2) is 26.1 Å². The van der Waals surface area contributed by atoms with Crippen molar-refractivity contribution in [3.05, 3.63) is 35.3 Å². The largest absolute Gasteiger partial charge is 0.370 e. The Morgan fingerprint density at radius 1 is 1.29 bits per heavy atom. The number of nitrogens with zero attached hydrogens (tertiary/aromatic N) is 4. The van der Waals surface area contributed by atoms with E-state index in [1.807, 2.05) is 12.4 Å². The number of rotatable bonds is 6. The molecule has 0 amide bonds. The zero-order valence-corrected chi connectivity index (χ0v) is 13.1. The quantitative estimate of drug-likeness (QED) is 0.886. The summed E-state index contributed by atoms with van der Waals surface area (Å²) in [6.07, 6.45) is 7.10. The second-order valence-electron chi connectivity index (χ2n) is 5.61. The number of aromatic nitrogens is 4. The van der Waals surface area contributed by atoms with Crippen molar-refractivity contribution >= 4 is 5.82 Å². The Balaban J connectivity index is 1.96. The molecule has 112 valence electrons. The Hall–Kier alpha value is -1.91. The number of hydrogen-bond acceptors (Lipinski definition) is 4. The lowest BCUT2D eigenvalue weighted by Gasteiger charge is -2.13. The van der Waals surface area contributed by atoms with Gasteiger partial charge in [-0.1, -0.05) is 0 Å². The van der Waals surface area contributed by atoms with Gasteiger partial charge in [0.05, 0.1) is 5.69 Å². The third kappa shape index (κ3) is 2.91. The van der Waals surface area contributed by atoms with Crippen molar-refractivity contribution in [3.63, 3.8) is 0 Å². The molecule has 1 aliphatic rings. The second-order valence-corrected chi connectivity index (χ2v) is 5.61. The van der Waals surface area contributed by atoms with E-state index < -0.39 is 0 Å². The molecule has 1 N–H and O–H groups in total. The molecule has 5 nitrogen and oxygen atoms in total. The Kier molecular flexibility index (Phi) is 3.90. The van der Waals surface area contributed by atoms with Crippen LogP contribution in [0.15, 0.2) is 12.4 Å². The van der Waals surface area contributed by atoms with E-state index in [4.69, 9.17) is 9.97 Å². The average Bonchev–Trinajstić information content (AvgIpc) is 3.23. The van der Waals surface area contributed by atoms with Crippen LogP contribution in [-0.2, 0) is 13.0 Å². The first kappa shape index (κ1) is 14.0. The SMILES string of the molecule is CCNc1nc(C2CC2)nc(Cc2nccn2CC)c1C. The summed E-state index contributed by atoms with van der Waals surface area (Å²) in [6.45, 7) is 8.16. The molecule has 0 saturated heterocycles. The van der Waals surface area contributed by atoms with E-state index in [-0.39, 0.29) is 0 Å². The maximum atomic E-state index is 4.82. The molecule has 0 radical (unpaired) electrons. The summed E-state index contributed by atoms with van der Waals surface area (Å²) < 4.78 is 2.17. The molecule has 5 heteroatoms. The van der Waals surface area contributed by atoms with Gasteiger partial charge in [0.2, 0.25) is 0 Å². The predicted octanol–water partition coefficient (Wildman–Crippen LogP) is 2.90. The van der Waals surface area contributed by atoms with Crippen LogP contribution in [0, 0.1) is 6.92 Å². The molecule has 2 aromatic rings. The fraction of sp³-hybridized carbons (Fsp3) is 0.562. The van der Waals surface area contributed by atoms with Crippen LogP contribution in [0.4, 0.5) is 5.82 Å². The number of hydrogen-bond donors (Lipinski definition) is 1. The number of anilines is 1. The molecule has 0 aliphatic heterocycles. The highest BCUT2D eigenvalue weighted by molar-refractivity contribution is 5.47. The lowest BCUT2D eigenvalue weighted by atomic mass is 10.1. The van der Waals surface area contributed by atoms with Crippen molar-refractivity contribution in [1.29, 1.82) is 0 Å². The van der Waals surface area contributed by atoms with Crippen molar-refractivity contribution in [2.75, 3.05) is 11.9 Å². The highest BCUT2D eigenvalue weighted by atomic mass is 15.1. The van der Waals surface area contributed by atoms with Gasteiger partial charge in [0.15, 0.2) is 0 Å². The van der Waals surface area contributed by atoms with E-state index in [1.54, 1.807) is 0 Å². The van der Waals surface area contributed by atoms with Gasteiger partial charge >= 0.3 is 0 Å². The van der Waals surface area contributed by atoms with Gasteiger partial charge in [0.1, 0.15) is 17.5 Å². The predicted molar refractivity (Wildman–Crippen MR) is 83.6 cm³/mol. The van der Waals surface area contributed by atoms with Crippen molar-refractivity contribution in [2.24, 2.45) is 0 Å². The van der Waals surface area contributed by atoms with Crippen molar-refractivity contribution in [1.82, 2.24) is 19.5 Å². The van der Waals surface area contributed by atoms with Crippen LogP contribution < -0.4 is 5.32 Å². The van der Waals surface area contributed by atoms with Gasteiger partial charge in [-0.05, 0) is 33.6 Å². The Bertz CT molecular complexity index is 628. The molecule has 0 unspecified atom stereocenters. The monoisotopic (exact) mass is 285 g/mol. The molecular formula is C16H23N5. The zero-order valence-electron chi connectivity index (χ0n) is 13.1. The lowest BCUT2D eigenvalue weighted by Crippen LogP contribution is -2.11. The minimum atomic E-state index is 0.563. The summed E-state index contributed by atoms with van der Waals surface area (Å²) in [5.41, 5.74) is 2.25. The number of nitrogens with one attached hydrogen (secondary N) is 1. The first-order chi connectivity index (χ1) is 10.2. The van der Waals surface area contributed by atoms with Crippen LogP contribution in [0.2, 0.25) is 0 Å². The Morgan fingerprint density at radius 2 is 2.10 bits per heavy atom. The maximum absolute atomic E-state index is 4.82. The maximum Gasteiger partial charge on any atom is 0.134 e. The molecule has 21 heavy (non-hydrogen) atoms. The minimum Gasteiger partial charge on any atom is -0.370 e. The molecule has 0 aromatic carbocycles. The summed E-state index contributed by atoms with van der Waals surface area (Å²) in [7, 11) is 0. The molecule has 1 aliphatic carbocycles. The van der Waals surface area contributed by atoms with Gasteiger partial charge in [0, 0.05) is 43.4 Å². The highest BCUT2D eigenvalue weighted by Crippen LogP contribution is 2.39. The molecule has 0 atom stereocenters. The highest BCUT2D eigenvalue weighted by Gasteiger charge is 2.28. The van der Waals surface area contributed by atoms with E-state index in [0.717, 1.165) is 48.2 Å². The Morgan fingerprint density at radius 3 is 2.76 bits per heavy atom. The molecule has 2 aromatic heterocycles. The number of imidazole rings is 1. The zero-order chi connectivity index (χ0) is 14.8. The Labute approximate surface area is 125 Å². The molecule has 0 bridgehead atoms. The number of aryl methyl sites for hydroxylation is 1. The third-order valence-corrected chi connectivity index (χ3v) is 4.02. The van der Waals surface area contributed by atoms with Crippen LogP contribution >= 0.6 is 0 Å². The third-order valence-electron chi connectivity index (χ3n) is 4.02. The van der Waals surface area contributed by atoms with Crippen molar-refractivity contribution in [3.8, 4) is 0 Å². The molecule has 2 heterocycles. The van der Waals surface area contributed by atoms with E-state index in [2.05, 4.69) is 35.6 Å². The molecule has 3 rings (SSSR count). The molecule has 1 saturated carbocycles. The van der Waals surface area contributed by atoms with Gasteiger partial charge in [-0.2, -0.15) is 0 Å². The lowest BCUT2D eigenvalue weighted by molar-refractivity contribution is 0.704. The summed E-state index contributed by atoms with van der Waals surface area (Å²) in [5, 5.41) is 3.37. The van der Waals surface area contributed by atoms with Crippen LogP contribution in [0.1, 0.15) is 55.5 Å². The van der Waals surface area contributed by atoms with Crippen LogP contribution in [0.3, 0.4) is 0 Å². The van der Waals surface area contributed by atoms with Crippen molar-refractivity contribution in [2.45, 2.75) is 52.5 Å². The second kappa shape index (κ2) is 5.84. The minimum absolute atomic E-state index is 0.563. The molecule has 1 fully saturated rings. The summed E-state index contributed by atoms with van der Waals surface area (Å²) in [6, 6.07) is 0. The van der Waals surface area contributed by atoms with Crippen molar-refractivity contribution < 1.29 is 0 Å². The van der Waals surface area contributed by atoms with Gasteiger partial charge < -0.3 is 9.88 Å². The molecular weight excluding hydrogens is 262 g/mol. The molecule has 0 spiro atoms. The van der Waals surface area contributed by atoms with E-state index in [0.29, 0.717) is 5.92 Å². The van der Waals surface area contributed by atoms with Gasteiger partial charge in [-0.15, -0.1) is 0 Å². The van der Waals surface area contributed by atoms with E-state index in [9.17, 15) is 0 Å². The summed E-state index contributed by atoms with van der Waals surface area (Å²) >= 11 is 0. The fourth-order valence-electron chi connectivity index (χ4n) is 2.56. The normalized spacial score (nSPS) is 14.4. The van der Waals surface area contributed by atoms with Gasteiger partial charge in [-0.3, -0.25) is 0 Å². The van der Waals surface area contributed by atoms with Gasteiger partial charge in [0.25, 0.3) is 0 Å². The first-order valence-electron chi connectivity index (χ1n) is 7.84. The fourth-order valence-corrected chi connectivity index (χ4v) is 2.56. The first-order valence-corrected chi connectivity index (χ1v) is 7.84. The summed E-state index contributed by atoms with van der Waals surface area (Å²) in [4.78, 5) is 14.0. The topological polar surface area (TPSA) is 55.6 Å². The van der Waals surface area contributed by atoms with E-state index in [1.165, 1.54) is 12.8 Å². The smallest absolute Gasteiger partial charge is 0.134 e. The van der Waals surface area contributed by atoms with Gasteiger partial charge in [-0.25, -0.2) is 15.0 Å². The standard InChI is InChI=1S/C16H23N5/c1-4-17-15-11(3)13(19-16(20-15)12-6-7-12)10-14-18-8-9-21(14)5-2/h8-9,12H,4-7,10H2,1-3H3,(H,17,19,20).